The second kappa shape index (κ2) is 11.1. The van der Waals surface area contributed by atoms with Crippen molar-refractivity contribution >= 4 is 27.5 Å². The summed E-state index contributed by atoms with van der Waals surface area (Å²) in [5.74, 6) is -1.53. The monoisotopic (exact) mass is 555 g/mol. The van der Waals surface area contributed by atoms with E-state index in [0.29, 0.717) is 5.56 Å². The number of nitrogens with one attached hydrogen (secondary N) is 1. The SMILES string of the molecule is CC(=O)O[C@@H]1[C@H]2O[C@H](CS(=O)(=O)c3ccccc3)OC[C@H]2O[C@H]1n1ccc(NC(=O)c2ccccc2)nc1=O. The predicted molar refractivity (Wildman–Crippen MR) is 135 cm³/mol. The van der Waals surface area contributed by atoms with Crippen molar-refractivity contribution in [1.82, 2.24) is 9.55 Å². The Kier molecular flexibility index (Phi) is 7.57. The zero-order valence-electron chi connectivity index (χ0n) is 20.7. The van der Waals surface area contributed by atoms with Crippen LogP contribution in [0.3, 0.4) is 0 Å². The lowest BCUT2D eigenvalue weighted by Gasteiger charge is -2.33. The Bertz CT molecular complexity index is 1510. The van der Waals surface area contributed by atoms with Crippen LogP contribution >= 0.6 is 0 Å². The topological polar surface area (TPSA) is 152 Å². The van der Waals surface area contributed by atoms with E-state index in [9.17, 15) is 22.8 Å². The van der Waals surface area contributed by atoms with E-state index in [1.807, 2.05) is 0 Å². The molecule has 204 valence electrons. The minimum absolute atomic E-state index is 0.0234. The first kappa shape index (κ1) is 26.7. The van der Waals surface area contributed by atoms with Gasteiger partial charge in [-0.3, -0.25) is 14.2 Å². The highest BCUT2D eigenvalue weighted by Crippen LogP contribution is 2.37. The van der Waals surface area contributed by atoms with E-state index in [1.54, 1.807) is 48.5 Å². The number of hydrogen-bond acceptors (Lipinski definition) is 10. The number of aromatic nitrogens is 2. The summed E-state index contributed by atoms with van der Waals surface area (Å²) in [4.78, 5) is 41.3. The molecule has 2 fully saturated rings. The number of anilines is 1. The van der Waals surface area contributed by atoms with Crippen LogP contribution in [0, 0.1) is 0 Å². The summed E-state index contributed by atoms with van der Waals surface area (Å²) in [6.07, 6.45) is -3.68. The number of hydrogen-bond donors (Lipinski definition) is 1. The Labute approximate surface area is 223 Å². The van der Waals surface area contributed by atoms with Crippen LogP contribution in [0.15, 0.2) is 82.6 Å². The molecule has 1 aromatic heterocycles. The van der Waals surface area contributed by atoms with Gasteiger partial charge in [-0.1, -0.05) is 36.4 Å². The number of nitrogens with zero attached hydrogens (tertiary/aromatic N) is 2. The third-order valence-corrected chi connectivity index (χ3v) is 7.88. The van der Waals surface area contributed by atoms with Crippen molar-refractivity contribution in [3.8, 4) is 0 Å². The first-order valence-electron chi connectivity index (χ1n) is 12.0. The summed E-state index contributed by atoms with van der Waals surface area (Å²) in [6, 6.07) is 17.7. The number of benzene rings is 2. The molecule has 2 aromatic carbocycles. The number of sulfone groups is 1. The first-order valence-corrected chi connectivity index (χ1v) is 13.7. The summed E-state index contributed by atoms with van der Waals surface area (Å²) in [5, 5.41) is 2.56. The lowest BCUT2D eigenvalue weighted by molar-refractivity contribution is -0.240. The molecule has 13 heteroatoms. The van der Waals surface area contributed by atoms with Crippen molar-refractivity contribution in [3.63, 3.8) is 0 Å². The van der Waals surface area contributed by atoms with Gasteiger partial charge in [0.2, 0.25) is 0 Å². The molecular formula is C26H25N3O9S. The largest absolute Gasteiger partial charge is 0.455 e. The maximum Gasteiger partial charge on any atom is 0.351 e. The van der Waals surface area contributed by atoms with Gasteiger partial charge in [-0.2, -0.15) is 4.98 Å². The van der Waals surface area contributed by atoms with E-state index in [1.165, 1.54) is 31.3 Å². The maximum absolute atomic E-state index is 12.9. The molecule has 0 bridgehead atoms. The van der Waals surface area contributed by atoms with Gasteiger partial charge < -0.3 is 24.3 Å². The van der Waals surface area contributed by atoms with Crippen LogP contribution in [0.5, 0.6) is 0 Å². The summed E-state index contributed by atoms with van der Waals surface area (Å²) in [7, 11) is -3.73. The number of carbonyl (C=O) groups excluding carboxylic acids is 2. The fraction of sp³-hybridized carbons (Fsp3) is 0.308. The standard InChI is InChI=1S/C26H25N3O9S/c1-16(30)36-23-22-19(14-35-21(38-22)15-39(33,34)18-10-6-3-7-11-18)37-25(23)29-13-12-20(28-26(29)32)27-24(31)17-8-4-2-5-9-17/h2-13,19,21-23,25H,14-15H2,1H3,(H,27,28,31,32)/t19-,21-,22+,23-,25-/m1/s1. The number of amides is 1. The normalized spacial score (nSPS) is 24.5. The molecule has 12 nitrogen and oxygen atoms in total. The predicted octanol–water partition coefficient (Wildman–Crippen LogP) is 1.54. The quantitative estimate of drug-likeness (QED) is 0.425. The van der Waals surface area contributed by atoms with Crippen LogP contribution < -0.4 is 11.0 Å². The van der Waals surface area contributed by atoms with E-state index in [0.717, 1.165) is 4.57 Å². The summed E-state index contributed by atoms with van der Waals surface area (Å²) < 4.78 is 49.7. The van der Waals surface area contributed by atoms with E-state index < -0.39 is 64.0 Å². The molecular weight excluding hydrogens is 530 g/mol. The average molecular weight is 556 g/mol. The molecule has 2 saturated heterocycles. The molecule has 5 rings (SSSR count). The molecule has 3 heterocycles. The molecule has 1 amide bonds. The summed E-state index contributed by atoms with van der Waals surface area (Å²) in [5.41, 5.74) is -0.381. The second-order valence-corrected chi connectivity index (χ2v) is 11.0. The molecule has 3 aromatic rings. The molecule has 39 heavy (non-hydrogen) atoms. The Hall–Kier alpha value is -3.91. The van der Waals surface area contributed by atoms with Crippen LogP contribution in [0.25, 0.3) is 0 Å². The molecule has 2 aliphatic rings. The third-order valence-electron chi connectivity index (χ3n) is 6.18. The molecule has 0 unspecified atom stereocenters. The Morgan fingerprint density at radius 3 is 2.41 bits per heavy atom. The van der Waals surface area contributed by atoms with Gasteiger partial charge in [-0.25, -0.2) is 13.2 Å². The van der Waals surface area contributed by atoms with Crippen LogP contribution in [0.1, 0.15) is 23.5 Å². The van der Waals surface area contributed by atoms with Gasteiger partial charge in [0.15, 0.2) is 28.5 Å². The van der Waals surface area contributed by atoms with Crippen LogP contribution in [0.2, 0.25) is 0 Å². The molecule has 5 atom stereocenters. The van der Waals surface area contributed by atoms with Gasteiger partial charge in [0, 0.05) is 18.7 Å². The van der Waals surface area contributed by atoms with Crippen molar-refractivity contribution in [2.24, 2.45) is 0 Å². The van der Waals surface area contributed by atoms with Crippen molar-refractivity contribution < 1.29 is 37.0 Å². The maximum atomic E-state index is 12.9. The first-order chi connectivity index (χ1) is 18.7. The molecule has 0 aliphatic carbocycles. The van der Waals surface area contributed by atoms with Crippen LogP contribution in [-0.4, -0.2) is 66.8 Å². The van der Waals surface area contributed by atoms with Gasteiger partial charge in [-0.15, -0.1) is 0 Å². The van der Waals surface area contributed by atoms with Gasteiger partial charge in [0.25, 0.3) is 5.91 Å². The highest BCUT2D eigenvalue weighted by molar-refractivity contribution is 7.91. The van der Waals surface area contributed by atoms with E-state index in [-0.39, 0.29) is 17.3 Å². The Balaban J connectivity index is 1.33. The highest BCUT2D eigenvalue weighted by atomic mass is 32.2. The fourth-order valence-electron chi connectivity index (χ4n) is 4.41. The van der Waals surface area contributed by atoms with Crippen molar-refractivity contribution in [1.29, 1.82) is 0 Å². The Morgan fingerprint density at radius 2 is 1.74 bits per heavy atom. The average Bonchev–Trinajstić information content (AvgIpc) is 3.26. The van der Waals surface area contributed by atoms with Gasteiger partial charge in [0.05, 0.1) is 11.5 Å². The van der Waals surface area contributed by atoms with Crippen LogP contribution in [0.4, 0.5) is 5.82 Å². The lowest BCUT2D eigenvalue weighted by Crippen LogP contribution is -2.48. The third kappa shape index (κ3) is 5.91. The van der Waals surface area contributed by atoms with Gasteiger partial charge >= 0.3 is 11.7 Å². The minimum atomic E-state index is -3.73. The van der Waals surface area contributed by atoms with E-state index >= 15 is 0 Å². The van der Waals surface area contributed by atoms with Crippen LogP contribution in [-0.2, 0) is 33.6 Å². The summed E-state index contributed by atoms with van der Waals surface area (Å²) in [6.45, 7) is 1.14. The van der Waals surface area contributed by atoms with Crippen molar-refractivity contribution in [2.45, 2.75) is 42.6 Å². The number of rotatable bonds is 7. The van der Waals surface area contributed by atoms with E-state index in [2.05, 4.69) is 10.3 Å². The number of ether oxygens (including phenoxy) is 4. The minimum Gasteiger partial charge on any atom is -0.455 e. The zero-order valence-corrected chi connectivity index (χ0v) is 21.5. The van der Waals surface area contributed by atoms with Gasteiger partial charge in [0.1, 0.15) is 23.8 Å². The molecule has 0 spiro atoms. The number of fused-ring (bicyclic) bond motifs is 1. The fourth-order valence-corrected chi connectivity index (χ4v) is 5.71. The highest BCUT2D eigenvalue weighted by Gasteiger charge is 2.52. The number of carbonyl (C=O) groups is 2. The second-order valence-electron chi connectivity index (χ2n) is 8.92. The molecule has 1 N–H and O–H groups in total. The molecule has 2 aliphatic heterocycles. The molecule has 0 saturated carbocycles. The lowest BCUT2D eigenvalue weighted by atomic mass is 10.1. The van der Waals surface area contributed by atoms with E-state index in [4.69, 9.17) is 18.9 Å². The number of esters is 1. The van der Waals surface area contributed by atoms with Gasteiger partial charge in [-0.05, 0) is 30.3 Å². The Morgan fingerprint density at radius 1 is 1.05 bits per heavy atom. The van der Waals surface area contributed by atoms with Crippen molar-refractivity contribution in [3.05, 3.63) is 89.0 Å². The smallest absolute Gasteiger partial charge is 0.351 e. The molecule has 0 radical (unpaired) electrons. The zero-order chi connectivity index (χ0) is 27.6. The van der Waals surface area contributed by atoms with Crippen molar-refractivity contribution in [2.75, 3.05) is 17.7 Å². The summed E-state index contributed by atoms with van der Waals surface area (Å²) >= 11 is 0.